The van der Waals surface area contributed by atoms with E-state index in [2.05, 4.69) is 0 Å². The maximum Gasteiger partial charge on any atom is 0.340 e. The SMILES string of the molecule is COc1ccc(S(=O)(=O)N2CCN(C(=O)[C@@H]3CCC(=O)N3[C@H]3OC(=O)c4ccccc43)CC2)cc1. The first-order valence-corrected chi connectivity index (χ1v) is 12.8. The van der Waals surface area contributed by atoms with Crippen LogP contribution in [0.25, 0.3) is 0 Å². The minimum atomic E-state index is -3.71. The molecule has 3 aliphatic heterocycles. The molecule has 184 valence electrons. The average molecular weight is 500 g/mol. The number of piperazine rings is 1. The highest BCUT2D eigenvalue weighted by atomic mass is 32.2. The number of esters is 1. The predicted octanol–water partition coefficient (Wildman–Crippen LogP) is 1.39. The minimum Gasteiger partial charge on any atom is -0.497 e. The fourth-order valence-corrected chi connectivity index (χ4v) is 6.25. The van der Waals surface area contributed by atoms with Crippen LogP contribution in [0.2, 0.25) is 0 Å². The molecule has 2 aromatic rings. The molecule has 2 aromatic carbocycles. The second-order valence-corrected chi connectivity index (χ2v) is 10.5. The van der Waals surface area contributed by atoms with Gasteiger partial charge in [0.25, 0.3) is 0 Å². The van der Waals surface area contributed by atoms with Gasteiger partial charge in [-0.1, -0.05) is 18.2 Å². The molecule has 5 rings (SSSR count). The number of nitrogens with zero attached hydrogens (tertiary/aromatic N) is 3. The molecular weight excluding hydrogens is 474 g/mol. The van der Waals surface area contributed by atoms with E-state index in [1.165, 1.54) is 28.4 Å². The molecule has 2 amide bonds. The molecule has 3 heterocycles. The lowest BCUT2D eigenvalue weighted by molar-refractivity contribution is -0.151. The van der Waals surface area contributed by atoms with E-state index < -0.39 is 28.3 Å². The fraction of sp³-hybridized carbons (Fsp3) is 0.375. The van der Waals surface area contributed by atoms with Crippen molar-refractivity contribution in [2.45, 2.75) is 30.0 Å². The van der Waals surface area contributed by atoms with Crippen LogP contribution in [0.15, 0.2) is 53.4 Å². The average Bonchev–Trinajstić information content (AvgIpc) is 3.43. The highest BCUT2D eigenvalue weighted by molar-refractivity contribution is 7.89. The molecule has 2 saturated heterocycles. The number of carbonyl (C=O) groups is 3. The Labute approximate surface area is 203 Å². The van der Waals surface area contributed by atoms with Gasteiger partial charge < -0.3 is 14.4 Å². The number of rotatable bonds is 5. The van der Waals surface area contributed by atoms with Crippen molar-refractivity contribution in [2.75, 3.05) is 33.3 Å². The summed E-state index contributed by atoms with van der Waals surface area (Å²) in [5.74, 6) is -0.476. The van der Waals surface area contributed by atoms with Crippen LogP contribution in [0.1, 0.15) is 35.0 Å². The third-order valence-electron chi connectivity index (χ3n) is 6.71. The second kappa shape index (κ2) is 8.97. The van der Waals surface area contributed by atoms with Crippen LogP contribution in [0.4, 0.5) is 0 Å². The number of amides is 2. The van der Waals surface area contributed by atoms with E-state index in [-0.39, 0.29) is 49.3 Å². The first-order chi connectivity index (χ1) is 16.8. The number of hydrogen-bond donors (Lipinski definition) is 0. The Kier molecular flexibility index (Phi) is 5.97. The number of cyclic esters (lactones) is 1. The normalized spacial score (nSPS) is 22.8. The Morgan fingerprint density at radius 1 is 1.00 bits per heavy atom. The van der Waals surface area contributed by atoms with Gasteiger partial charge in [0.1, 0.15) is 11.8 Å². The van der Waals surface area contributed by atoms with Gasteiger partial charge >= 0.3 is 5.97 Å². The van der Waals surface area contributed by atoms with Crippen LogP contribution < -0.4 is 4.74 Å². The van der Waals surface area contributed by atoms with Gasteiger partial charge in [0.2, 0.25) is 28.1 Å². The quantitative estimate of drug-likeness (QED) is 0.571. The molecule has 3 aliphatic rings. The largest absolute Gasteiger partial charge is 0.497 e. The van der Waals surface area contributed by atoms with Crippen molar-refractivity contribution in [3.05, 3.63) is 59.7 Å². The molecular formula is C24H25N3O7S. The van der Waals surface area contributed by atoms with Gasteiger partial charge in [0.05, 0.1) is 17.6 Å². The van der Waals surface area contributed by atoms with Crippen molar-refractivity contribution < 1.29 is 32.3 Å². The molecule has 2 fully saturated rings. The van der Waals surface area contributed by atoms with Crippen molar-refractivity contribution in [1.29, 1.82) is 0 Å². The van der Waals surface area contributed by atoms with E-state index in [0.717, 1.165) is 0 Å². The number of methoxy groups -OCH3 is 1. The third kappa shape index (κ3) is 4.04. The summed E-state index contributed by atoms with van der Waals surface area (Å²) in [5.41, 5.74) is 0.960. The lowest BCUT2D eigenvalue weighted by atomic mass is 10.1. The van der Waals surface area contributed by atoms with Crippen molar-refractivity contribution in [3.63, 3.8) is 0 Å². The molecule has 0 aliphatic carbocycles. The summed E-state index contributed by atoms with van der Waals surface area (Å²) in [4.78, 5) is 41.5. The molecule has 0 bridgehead atoms. The molecule has 10 nitrogen and oxygen atoms in total. The summed E-state index contributed by atoms with van der Waals surface area (Å²) in [5, 5.41) is 0. The number of hydrogen-bond acceptors (Lipinski definition) is 7. The number of ether oxygens (including phenoxy) is 2. The maximum absolute atomic E-state index is 13.4. The molecule has 0 spiro atoms. The van der Waals surface area contributed by atoms with Crippen molar-refractivity contribution >= 4 is 27.8 Å². The van der Waals surface area contributed by atoms with E-state index in [9.17, 15) is 22.8 Å². The van der Waals surface area contributed by atoms with Gasteiger partial charge in [-0.2, -0.15) is 4.31 Å². The number of sulfonamides is 1. The monoisotopic (exact) mass is 499 g/mol. The molecule has 0 aromatic heterocycles. The molecule has 2 atom stereocenters. The summed E-state index contributed by atoms with van der Waals surface area (Å²) < 4.78 is 38.0. The maximum atomic E-state index is 13.4. The topological polar surface area (TPSA) is 114 Å². The van der Waals surface area contributed by atoms with E-state index in [1.54, 1.807) is 41.3 Å². The Hall–Kier alpha value is -3.44. The zero-order valence-electron chi connectivity index (χ0n) is 19.1. The number of benzene rings is 2. The highest BCUT2D eigenvalue weighted by Gasteiger charge is 2.47. The minimum absolute atomic E-state index is 0.141. The van der Waals surface area contributed by atoms with E-state index in [4.69, 9.17) is 9.47 Å². The van der Waals surface area contributed by atoms with Crippen molar-refractivity contribution in [2.24, 2.45) is 0 Å². The predicted molar refractivity (Wildman–Crippen MR) is 123 cm³/mol. The number of carbonyl (C=O) groups excluding carboxylic acids is 3. The molecule has 0 N–H and O–H groups in total. The standard InChI is InChI=1S/C24H25N3O7S/c1-33-16-6-8-17(9-7-16)35(31,32)26-14-12-25(13-15-26)22(29)20-10-11-21(28)27(20)23-18-4-2-3-5-19(18)24(30)34-23/h2-9,20,23H,10-15H2,1H3/t20-,23-/m0/s1. The summed E-state index contributed by atoms with van der Waals surface area (Å²) in [7, 11) is -2.20. The summed E-state index contributed by atoms with van der Waals surface area (Å²) in [6.45, 7) is 0.686. The van der Waals surface area contributed by atoms with Crippen LogP contribution in [0.3, 0.4) is 0 Å². The first-order valence-electron chi connectivity index (χ1n) is 11.4. The number of fused-ring (bicyclic) bond motifs is 1. The zero-order chi connectivity index (χ0) is 24.7. The summed E-state index contributed by atoms with van der Waals surface area (Å²) in [6.07, 6.45) is -0.434. The van der Waals surface area contributed by atoms with Crippen LogP contribution >= 0.6 is 0 Å². The molecule has 35 heavy (non-hydrogen) atoms. The number of likely N-dealkylation sites (tertiary alicyclic amines) is 1. The smallest absolute Gasteiger partial charge is 0.340 e. The fourth-order valence-electron chi connectivity index (χ4n) is 4.83. The van der Waals surface area contributed by atoms with Gasteiger partial charge in [0, 0.05) is 38.2 Å². The molecule has 0 radical (unpaired) electrons. The van der Waals surface area contributed by atoms with E-state index in [0.29, 0.717) is 23.3 Å². The summed E-state index contributed by atoms with van der Waals surface area (Å²) >= 11 is 0. The van der Waals surface area contributed by atoms with Crippen LogP contribution in [0.5, 0.6) is 5.75 Å². The van der Waals surface area contributed by atoms with E-state index >= 15 is 0 Å². The molecule has 11 heteroatoms. The zero-order valence-corrected chi connectivity index (χ0v) is 19.9. The van der Waals surface area contributed by atoms with Crippen LogP contribution in [-0.2, 0) is 24.3 Å². The van der Waals surface area contributed by atoms with Gasteiger partial charge in [-0.15, -0.1) is 0 Å². The first kappa shape index (κ1) is 23.3. The Bertz CT molecular complexity index is 1270. The van der Waals surface area contributed by atoms with Crippen LogP contribution in [0, 0.1) is 0 Å². The van der Waals surface area contributed by atoms with Gasteiger partial charge in [-0.05, 0) is 36.8 Å². The third-order valence-corrected chi connectivity index (χ3v) is 8.62. The van der Waals surface area contributed by atoms with Crippen molar-refractivity contribution in [3.8, 4) is 5.75 Å². The van der Waals surface area contributed by atoms with Gasteiger partial charge in [0.15, 0.2) is 0 Å². The Balaban J connectivity index is 1.28. The molecule has 0 unspecified atom stereocenters. The Morgan fingerprint density at radius 2 is 1.69 bits per heavy atom. The Morgan fingerprint density at radius 3 is 2.37 bits per heavy atom. The highest BCUT2D eigenvalue weighted by Crippen LogP contribution is 2.38. The lowest BCUT2D eigenvalue weighted by Gasteiger charge is -2.37. The second-order valence-electron chi connectivity index (χ2n) is 8.61. The van der Waals surface area contributed by atoms with Crippen LogP contribution in [-0.4, -0.2) is 79.6 Å². The lowest BCUT2D eigenvalue weighted by Crippen LogP contribution is -2.55. The van der Waals surface area contributed by atoms with E-state index in [1.807, 2.05) is 0 Å². The molecule has 0 saturated carbocycles. The van der Waals surface area contributed by atoms with Gasteiger partial charge in [-0.3, -0.25) is 14.5 Å². The summed E-state index contributed by atoms with van der Waals surface area (Å²) in [6, 6.07) is 12.2. The van der Waals surface area contributed by atoms with Crippen molar-refractivity contribution in [1.82, 2.24) is 14.1 Å². The van der Waals surface area contributed by atoms with Gasteiger partial charge in [-0.25, -0.2) is 13.2 Å².